The topological polar surface area (TPSA) is 26.0 Å². The van der Waals surface area contributed by atoms with Crippen LogP contribution in [0.25, 0.3) is 0 Å². The van der Waals surface area contributed by atoms with Crippen molar-refractivity contribution in [1.29, 1.82) is 0 Å². The van der Waals surface area contributed by atoms with Crippen molar-refractivity contribution >= 4 is 11.6 Å². The Morgan fingerprint density at radius 1 is 1.23 bits per heavy atom. The molecule has 0 aliphatic carbocycles. The molecule has 0 saturated heterocycles. The summed E-state index contributed by atoms with van der Waals surface area (Å²) >= 11 is 5.79. The Hall–Kier alpha value is -0.530. The molecule has 72 valence electrons. The number of hydrogen-bond donors (Lipinski definition) is 1. The largest absolute Gasteiger partial charge is 0.328 e. The fourth-order valence-corrected chi connectivity index (χ4v) is 1.30. The minimum absolute atomic E-state index is 0.246. The third-order valence-electron chi connectivity index (χ3n) is 2.37. The van der Waals surface area contributed by atoms with E-state index in [0.29, 0.717) is 5.92 Å². The molecule has 1 nitrogen and oxygen atoms in total. The molecule has 1 aromatic rings. The van der Waals surface area contributed by atoms with Crippen LogP contribution in [0.3, 0.4) is 0 Å². The van der Waals surface area contributed by atoms with E-state index in [4.69, 9.17) is 17.3 Å². The third kappa shape index (κ3) is 3.37. The van der Waals surface area contributed by atoms with Gasteiger partial charge in [0.05, 0.1) is 0 Å². The van der Waals surface area contributed by atoms with E-state index in [-0.39, 0.29) is 6.04 Å². The molecule has 13 heavy (non-hydrogen) atoms. The van der Waals surface area contributed by atoms with Gasteiger partial charge >= 0.3 is 0 Å². The molecule has 0 radical (unpaired) electrons. The van der Waals surface area contributed by atoms with Crippen LogP contribution in [-0.2, 0) is 6.42 Å². The van der Waals surface area contributed by atoms with Crippen LogP contribution in [0.5, 0.6) is 0 Å². The van der Waals surface area contributed by atoms with Gasteiger partial charge in [-0.2, -0.15) is 0 Å². The Kier molecular flexibility index (Phi) is 3.76. The lowest BCUT2D eigenvalue weighted by atomic mass is 9.96. The maximum absolute atomic E-state index is 5.79. The van der Waals surface area contributed by atoms with Gasteiger partial charge in [-0.3, -0.25) is 0 Å². The first-order valence-corrected chi connectivity index (χ1v) is 4.97. The summed E-state index contributed by atoms with van der Waals surface area (Å²) < 4.78 is 0. The highest BCUT2D eigenvalue weighted by atomic mass is 35.5. The van der Waals surface area contributed by atoms with Crippen LogP contribution in [0.2, 0.25) is 5.02 Å². The van der Waals surface area contributed by atoms with Crippen LogP contribution < -0.4 is 5.73 Å². The summed E-state index contributed by atoms with van der Waals surface area (Å²) in [4.78, 5) is 0. The van der Waals surface area contributed by atoms with Crippen molar-refractivity contribution in [2.75, 3.05) is 0 Å². The first kappa shape index (κ1) is 10.6. The molecule has 0 fully saturated rings. The van der Waals surface area contributed by atoms with Gasteiger partial charge in [0.2, 0.25) is 0 Å². The second kappa shape index (κ2) is 4.64. The molecule has 1 rings (SSSR count). The second-order valence-electron chi connectivity index (χ2n) is 3.67. The smallest absolute Gasteiger partial charge is 0.0406 e. The van der Waals surface area contributed by atoms with E-state index >= 15 is 0 Å². The average Bonchev–Trinajstić information content (AvgIpc) is 2.08. The lowest BCUT2D eigenvalue weighted by Gasteiger charge is -2.15. The van der Waals surface area contributed by atoms with Crippen LogP contribution in [0.4, 0.5) is 0 Å². The normalized spacial score (nSPS) is 15.4. The monoisotopic (exact) mass is 197 g/mol. The lowest BCUT2D eigenvalue weighted by molar-refractivity contribution is 0.482. The number of benzene rings is 1. The van der Waals surface area contributed by atoms with Crippen LogP contribution >= 0.6 is 11.6 Å². The highest BCUT2D eigenvalue weighted by Crippen LogP contribution is 2.14. The Labute approximate surface area is 84.9 Å². The Morgan fingerprint density at radius 2 is 1.77 bits per heavy atom. The SMILES string of the molecule is CC(N)C(C)Cc1ccc(Cl)cc1. The predicted molar refractivity (Wildman–Crippen MR) is 58.0 cm³/mol. The molecule has 0 spiro atoms. The van der Waals surface area contributed by atoms with Crippen LogP contribution in [0, 0.1) is 5.92 Å². The van der Waals surface area contributed by atoms with Gasteiger partial charge in [-0.1, -0.05) is 30.7 Å². The number of nitrogens with two attached hydrogens (primary N) is 1. The fraction of sp³-hybridized carbons (Fsp3) is 0.455. The standard InChI is InChI=1S/C11H16ClN/c1-8(9(2)13)7-10-3-5-11(12)6-4-10/h3-6,8-9H,7,13H2,1-2H3. The minimum Gasteiger partial charge on any atom is -0.328 e. The molecule has 2 unspecified atom stereocenters. The zero-order valence-electron chi connectivity index (χ0n) is 8.13. The Morgan fingerprint density at radius 3 is 2.23 bits per heavy atom. The number of rotatable bonds is 3. The van der Waals surface area contributed by atoms with Gasteiger partial charge in [0.15, 0.2) is 0 Å². The van der Waals surface area contributed by atoms with Crippen molar-refractivity contribution in [2.24, 2.45) is 11.7 Å². The molecule has 2 heteroatoms. The van der Waals surface area contributed by atoms with Crippen molar-refractivity contribution in [3.05, 3.63) is 34.9 Å². The Bertz CT molecular complexity index is 253. The number of halogens is 1. The molecule has 0 amide bonds. The summed E-state index contributed by atoms with van der Waals surface area (Å²) in [6.45, 7) is 4.21. The van der Waals surface area contributed by atoms with E-state index in [1.54, 1.807) is 0 Å². The van der Waals surface area contributed by atoms with Crippen LogP contribution in [0.1, 0.15) is 19.4 Å². The maximum atomic E-state index is 5.79. The van der Waals surface area contributed by atoms with Gasteiger partial charge in [0.25, 0.3) is 0 Å². The molecule has 0 saturated carbocycles. The minimum atomic E-state index is 0.246. The third-order valence-corrected chi connectivity index (χ3v) is 2.62. The van der Waals surface area contributed by atoms with E-state index in [0.717, 1.165) is 11.4 Å². The molecule has 0 aromatic heterocycles. The van der Waals surface area contributed by atoms with Crippen LogP contribution in [-0.4, -0.2) is 6.04 Å². The first-order chi connectivity index (χ1) is 6.09. The maximum Gasteiger partial charge on any atom is 0.0406 e. The van der Waals surface area contributed by atoms with Gasteiger partial charge in [-0.15, -0.1) is 0 Å². The lowest BCUT2D eigenvalue weighted by Crippen LogP contribution is -2.25. The van der Waals surface area contributed by atoms with Gasteiger partial charge < -0.3 is 5.73 Å². The molecule has 0 heterocycles. The van der Waals surface area contributed by atoms with Crippen molar-refractivity contribution in [3.63, 3.8) is 0 Å². The summed E-state index contributed by atoms with van der Waals surface area (Å²) in [7, 11) is 0. The summed E-state index contributed by atoms with van der Waals surface area (Å²) in [5.41, 5.74) is 7.09. The van der Waals surface area contributed by atoms with E-state index in [9.17, 15) is 0 Å². The molecule has 2 atom stereocenters. The molecule has 0 aliphatic rings. The summed E-state index contributed by atoms with van der Waals surface area (Å²) in [6, 6.07) is 8.20. The Balaban J connectivity index is 2.59. The molecule has 0 aliphatic heterocycles. The van der Waals surface area contributed by atoms with Crippen molar-refractivity contribution in [2.45, 2.75) is 26.3 Å². The summed E-state index contributed by atoms with van der Waals surface area (Å²) in [5, 5.41) is 0.789. The van der Waals surface area contributed by atoms with Gasteiger partial charge in [-0.25, -0.2) is 0 Å². The van der Waals surface area contributed by atoms with Gasteiger partial charge in [-0.05, 0) is 37.0 Å². The van der Waals surface area contributed by atoms with Crippen molar-refractivity contribution < 1.29 is 0 Å². The molecular weight excluding hydrogens is 182 g/mol. The van der Waals surface area contributed by atoms with E-state index < -0.39 is 0 Å². The zero-order chi connectivity index (χ0) is 9.84. The molecule has 0 bridgehead atoms. The molecular formula is C11H16ClN. The number of hydrogen-bond acceptors (Lipinski definition) is 1. The van der Waals surface area contributed by atoms with E-state index in [1.807, 2.05) is 19.1 Å². The predicted octanol–water partition coefficient (Wildman–Crippen LogP) is 2.87. The summed E-state index contributed by atoms with van der Waals surface area (Å²) in [6.07, 6.45) is 1.02. The van der Waals surface area contributed by atoms with Gasteiger partial charge in [0.1, 0.15) is 0 Å². The van der Waals surface area contributed by atoms with Crippen LogP contribution in [0.15, 0.2) is 24.3 Å². The average molecular weight is 198 g/mol. The fourth-order valence-electron chi connectivity index (χ4n) is 1.18. The second-order valence-corrected chi connectivity index (χ2v) is 4.10. The highest BCUT2D eigenvalue weighted by Gasteiger charge is 2.07. The van der Waals surface area contributed by atoms with Crippen molar-refractivity contribution in [3.8, 4) is 0 Å². The van der Waals surface area contributed by atoms with Crippen molar-refractivity contribution in [1.82, 2.24) is 0 Å². The quantitative estimate of drug-likeness (QED) is 0.793. The van der Waals surface area contributed by atoms with E-state index in [2.05, 4.69) is 19.1 Å². The first-order valence-electron chi connectivity index (χ1n) is 4.59. The highest BCUT2D eigenvalue weighted by molar-refractivity contribution is 6.30. The molecule has 2 N–H and O–H groups in total. The summed E-state index contributed by atoms with van der Waals surface area (Å²) in [5.74, 6) is 0.515. The molecule has 1 aromatic carbocycles. The van der Waals surface area contributed by atoms with Gasteiger partial charge in [0, 0.05) is 11.1 Å². The zero-order valence-corrected chi connectivity index (χ0v) is 8.88. The van der Waals surface area contributed by atoms with E-state index in [1.165, 1.54) is 5.56 Å².